The molecule has 4 N–H and O–H groups in total. The second-order valence-corrected chi connectivity index (χ2v) is 14.0. The average Bonchev–Trinajstić information content (AvgIpc) is 3.01. The Labute approximate surface area is 264 Å². The van der Waals surface area contributed by atoms with Gasteiger partial charge < -0.3 is 24.4 Å². The molecule has 44 heavy (non-hydrogen) atoms. The minimum Gasteiger partial charge on any atom is -0.459 e. The van der Waals surface area contributed by atoms with Gasteiger partial charge in [-0.25, -0.2) is 4.79 Å². The summed E-state index contributed by atoms with van der Waals surface area (Å²) in [7, 11) is 0. The average molecular weight is 623 g/mol. The van der Waals surface area contributed by atoms with E-state index in [0.29, 0.717) is 30.6 Å². The van der Waals surface area contributed by atoms with E-state index in [0.717, 1.165) is 104 Å². The monoisotopic (exact) mass is 622 g/mol. The van der Waals surface area contributed by atoms with Crippen molar-refractivity contribution in [1.29, 1.82) is 0 Å². The van der Waals surface area contributed by atoms with Gasteiger partial charge in [0.25, 0.3) is 0 Å². The summed E-state index contributed by atoms with van der Waals surface area (Å²) in [6.07, 6.45) is 8.51. The number of amides is 2. The quantitative estimate of drug-likeness (QED) is 0.254. The van der Waals surface area contributed by atoms with Crippen LogP contribution >= 0.6 is 0 Å². The third-order valence-corrected chi connectivity index (χ3v) is 9.54. The summed E-state index contributed by atoms with van der Waals surface area (Å²) in [6, 6.07) is 0.488. The van der Waals surface area contributed by atoms with Crippen molar-refractivity contribution in [3.8, 4) is 0 Å². The fraction of sp³-hybridized carbons (Fsp3) is 0.906. The molecular weight excluding hydrogens is 564 g/mol. The van der Waals surface area contributed by atoms with Crippen LogP contribution in [-0.4, -0.2) is 117 Å². The molecule has 0 aromatic heterocycles. The largest absolute Gasteiger partial charge is 0.459 e. The predicted molar refractivity (Wildman–Crippen MR) is 168 cm³/mol. The maximum atomic E-state index is 12.6. The van der Waals surface area contributed by atoms with Crippen LogP contribution in [0.3, 0.4) is 0 Å². The molecule has 2 saturated heterocycles. The number of piperazine rings is 1. The van der Waals surface area contributed by atoms with Crippen molar-refractivity contribution in [3.05, 3.63) is 0 Å². The molecule has 0 aromatic rings. The number of carbonyl (C=O) groups excluding carboxylic acids is 3. The first-order valence-electron chi connectivity index (χ1n) is 17.1. The minimum atomic E-state index is -0.543. The number of ether oxygens (including phenoxy) is 3. The zero-order valence-corrected chi connectivity index (χ0v) is 27.5. The predicted octanol–water partition coefficient (Wildman–Crippen LogP) is 2.03. The molecule has 0 radical (unpaired) electrons. The third-order valence-electron chi connectivity index (χ3n) is 9.54. The van der Waals surface area contributed by atoms with Crippen LogP contribution in [0.25, 0.3) is 0 Å². The molecule has 2 heterocycles. The van der Waals surface area contributed by atoms with E-state index in [1.54, 1.807) is 4.90 Å². The number of carbonyl (C=O) groups is 3. The van der Waals surface area contributed by atoms with Crippen molar-refractivity contribution >= 4 is 18.0 Å². The number of rotatable bonds is 11. The molecule has 0 spiro atoms. The molecule has 2 aliphatic heterocycles. The van der Waals surface area contributed by atoms with Crippen molar-refractivity contribution < 1.29 is 28.6 Å². The summed E-state index contributed by atoms with van der Waals surface area (Å²) in [5.74, 6) is 0.750. The highest BCUT2D eigenvalue weighted by Gasteiger charge is 2.34. The highest BCUT2D eigenvalue weighted by Crippen LogP contribution is 2.34. The normalized spacial score (nSPS) is 30.4. The summed E-state index contributed by atoms with van der Waals surface area (Å²) >= 11 is 0. The van der Waals surface area contributed by atoms with E-state index in [4.69, 9.17) is 14.2 Å². The van der Waals surface area contributed by atoms with Crippen LogP contribution in [-0.2, 0) is 23.8 Å². The van der Waals surface area contributed by atoms with Gasteiger partial charge in [0.1, 0.15) is 18.4 Å². The van der Waals surface area contributed by atoms with Crippen molar-refractivity contribution in [1.82, 2.24) is 31.1 Å². The lowest BCUT2D eigenvalue weighted by Crippen LogP contribution is -2.63. The first kappa shape index (κ1) is 34.9. The number of hydrogen-bond donors (Lipinski definition) is 4. The Bertz CT molecular complexity index is 899. The Morgan fingerprint density at radius 1 is 0.864 bits per heavy atom. The molecule has 12 nitrogen and oxygen atoms in total. The fourth-order valence-corrected chi connectivity index (χ4v) is 7.02. The molecule has 2 saturated carbocycles. The Balaban J connectivity index is 1.02. The summed E-state index contributed by atoms with van der Waals surface area (Å²) in [5.41, 5.74) is -0.543. The number of esters is 1. The van der Waals surface area contributed by atoms with Crippen LogP contribution in [0, 0.1) is 17.8 Å². The Kier molecular flexibility index (Phi) is 13.5. The summed E-state index contributed by atoms with van der Waals surface area (Å²) in [4.78, 5) is 40.5. The zero-order valence-electron chi connectivity index (χ0n) is 27.5. The van der Waals surface area contributed by atoms with E-state index in [2.05, 4.69) is 26.2 Å². The minimum absolute atomic E-state index is 0.0137. The van der Waals surface area contributed by atoms with Gasteiger partial charge in [0.2, 0.25) is 5.91 Å². The van der Waals surface area contributed by atoms with Crippen LogP contribution in [0.4, 0.5) is 4.79 Å². The summed E-state index contributed by atoms with van der Waals surface area (Å²) in [5, 5.41) is 13.9. The number of nitrogens with one attached hydrogen (secondary N) is 4. The SMILES string of the molecule is CCOC(=O)N1CCN(CCOC2CCC(NC3NCC(C4CCC(C(=O)NCC(=O)OC(C)(C)C)CC4)CN3)CC2)CC1. The van der Waals surface area contributed by atoms with Gasteiger partial charge in [0, 0.05) is 57.8 Å². The van der Waals surface area contributed by atoms with Gasteiger partial charge in [-0.15, -0.1) is 0 Å². The number of hydrogen-bond acceptors (Lipinski definition) is 10. The first-order valence-corrected chi connectivity index (χ1v) is 17.1. The van der Waals surface area contributed by atoms with Crippen LogP contribution in [0.15, 0.2) is 0 Å². The molecule has 252 valence electrons. The molecule has 4 aliphatic rings. The van der Waals surface area contributed by atoms with Gasteiger partial charge in [-0.3, -0.25) is 30.4 Å². The van der Waals surface area contributed by atoms with Crippen LogP contribution in [0.2, 0.25) is 0 Å². The van der Waals surface area contributed by atoms with Gasteiger partial charge >= 0.3 is 12.1 Å². The highest BCUT2D eigenvalue weighted by atomic mass is 16.6. The molecule has 4 rings (SSSR count). The van der Waals surface area contributed by atoms with E-state index in [9.17, 15) is 14.4 Å². The zero-order chi connectivity index (χ0) is 31.5. The molecular formula is C32H58N6O6. The van der Waals surface area contributed by atoms with Gasteiger partial charge in [-0.1, -0.05) is 0 Å². The van der Waals surface area contributed by atoms with Crippen LogP contribution in [0.1, 0.15) is 79.1 Å². The molecule has 0 unspecified atom stereocenters. The summed E-state index contributed by atoms with van der Waals surface area (Å²) in [6.45, 7) is 14.5. The molecule has 0 bridgehead atoms. The first-order chi connectivity index (χ1) is 21.1. The second-order valence-electron chi connectivity index (χ2n) is 14.0. The van der Waals surface area contributed by atoms with E-state index in [1.165, 1.54) is 0 Å². The summed E-state index contributed by atoms with van der Waals surface area (Å²) < 4.78 is 16.6. The van der Waals surface area contributed by atoms with Crippen LogP contribution < -0.4 is 21.3 Å². The third kappa shape index (κ3) is 11.4. The van der Waals surface area contributed by atoms with Crippen molar-refractivity contribution in [3.63, 3.8) is 0 Å². The van der Waals surface area contributed by atoms with Crippen molar-refractivity contribution in [2.24, 2.45) is 17.8 Å². The second kappa shape index (κ2) is 17.1. The van der Waals surface area contributed by atoms with Gasteiger partial charge in [-0.2, -0.15) is 0 Å². The Morgan fingerprint density at radius 3 is 2.14 bits per heavy atom. The van der Waals surface area contributed by atoms with E-state index < -0.39 is 5.60 Å². The Hall–Kier alpha value is -1.99. The van der Waals surface area contributed by atoms with Gasteiger partial charge in [-0.05, 0) is 90.9 Å². The topological polar surface area (TPSA) is 134 Å². The molecule has 2 amide bonds. The number of nitrogens with zero attached hydrogens (tertiary/aromatic N) is 2. The lowest BCUT2D eigenvalue weighted by molar-refractivity contribution is -0.154. The molecule has 4 fully saturated rings. The smallest absolute Gasteiger partial charge is 0.409 e. The van der Waals surface area contributed by atoms with E-state index in [-0.39, 0.29) is 36.7 Å². The van der Waals surface area contributed by atoms with Gasteiger partial charge in [0.15, 0.2) is 0 Å². The lowest BCUT2D eigenvalue weighted by Gasteiger charge is -2.40. The van der Waals surface area contributed by atoms with E-state index in [1.807, 2.05) is 27.7 Å². The van der Waals surface area contributed by atoms with Crippen molar-refractivity contribution in [2.45, 2.75) is 103 Å². The maximum absolute atomic E-state index is 12.6. The van der Waals surface area contributed by atoms with Crippen molar-refractivity contribution in [2.75, 3.05) is 65.6 Å². The van der Waals surface area contributed by atoms with Crippen LogP contribution in [0.5, 0.6) is 0 Å². The van der Waals surface area contributed by atoms with Gasteiger partial charge in [0.05, 0.1) is 19.3 Å². The fourth-order valence-electron chi connectivity index (χ4n) is 7.02. The molecule has 12 heteroatoms. The standard InChI is InChI=1S/C32H58N6O6/c1-5-42-31(41)38-16-14-37(15-17-38)18-19-43-27-12-10-26(11-13-27)36-30-34-20-25(21-35-30)23-6-8-24(9-7-23)29(40)33-22-28(39)44-32(2,3)4/h23-27,30,34-36H,5-22H2,1-4H3,(H,33,40). The molecule has 2 aliphatic carbocycles. The lowest BCUT2D eigenvalue weighted by atomic mass is 9.75. The maximum Gasteiger partial charge on any atom is 0.409 e. The highest BCUT2D eigenvalue weighted by molar-refractivity contribution is 5.83. The molecule has 0 atom stereocenters. The van der Waals surface area contributed by atoms with E-state index >= 15 is 0 Å². The Morgan fingerprint density at radius 2 is 1.52 bits per heavy atom. The molecule has 0 aromatic carbocycles.